The first-order chi connectivity index (χ1) is 12.4. The molecule has 0 spiro atoms. The number of halogens is 1. The largest absolute Gasteiger partial charge is 0.477 e. The summed E-state index contributed by atoms with van der Waals surface area (Å²) in [5.74, 6) is -1.86. The number of fused-ring (bicyclic) bond motifs is 3. The Morgan fingerprint density at radius 2 is 2.00 bits per heavy atom. The number of rotatable bonds is 3. The summed E-state index contributed by atoms with van der Waals surface area (Å²) in [5.41, 5.74) is -0.0542. The average molecular weight is 377 g/mol. The Bertz CT molecular complexity index is 998. The quantitative estimate of drug-likeness (QED) is 0.821. The maximum absolute atomic E-state index is 14.7. The Hall–Kier alpha value is -2.55. The van der Waals surface area contributed by atoms with Gasteiger partial charge in [0.15, 0.2) is 0 Å². The van der Waals surface area contributed by atoms with E-state index in [-0.39, 0.29) is 16.3 Å². The van der Waals surface area contributed by atoms with Crippen LogP contribution in [0.5, 0.6) is 0 Å². The number of benzene rings is 1. The second-order valence-electron chi connectivity index (χ2n) is 6.35. The van der Waals surface area contributed by atoms with Crippen molar-refractivity contribution in [2.45, 2.75) is 17.3 Å². The Morgan fingerprint density at radius 1 is 1.31 bits per heavy atom. The maximum atomic E-state index is 14.7. The van der Waals surface area contributed by atoms with Crippen LogP contribution in [0.3, 0.4) is 0 Å². The molecule has 1 aromatic heterocycles. The van der Waals surface area contributed by atoms with Gasteiger partial charge in [-0.2, -0.15) is 0 Å². The van der Waals surface area contributed by atoms with Crippen LogP contribution in [0.15, 0.2) is 22.0 Å². The molecule has 2 aliphatic rings. The van der Waals surface area contributed by atoms with Crippen LogP contribution in [-0.4, -0.2) is 53.1 Å². The first kappa shape index (κ1) is 16.9. The van der Waals surface area contributed by atoms with Gasteiger partial charge in [0, 0.05) is 31.6 Å². The van der Waals surface area contributed by atoms with Crippen molar-refractivity contribution in [3.05, 3.63) is 33.7 Å². The Kier molecular flexibility index (Phi) is 3.91. The predicted octanol–water partition coefficient (Wildman–Crippen LogP) is 1.74. The number of aromatic nitrogens is 1. The van der Waals surface area contributed by atoms with Gasteiger partial charge in [0.25, 0.3) is 0 Å². The summed E-state index contributed by atoms with van der Waals surface area (Å²) in [5, 5.41) is 9.82. The number of carboxylic acids is 1. The van der Waals surface area contributed by atoms with Gasteiger partial charge in [0.1, 0.15) is 11.4 Å². The molecule has 1 unspecified atom stereocenters. The van der Waals surface area contributed by atoms with Gasteiger partial charge in [-0.1, -0.05) is 11.8 Å². The minimum atomic E-state index is -1.30. The highest BCUT2D eigenvalue weighted by Gasteiger charge is 2.33. The van der Waals surface area contributed by atoms with Crippen LogP contribution in [-0.2, 0) is 4.79 Å². The van der Waals surface area contributed by atoms with Crippen LogP contribution < -0.4 is 10.3 Å². The Labute approximate surface area is 152 Å². The number of carbonyl (C=O) groups excluding carboxylic acids is 1. The van der Waals surface area contributed by atoms with E-state index in [0.29, 0.717) is 42.4 Å². The van der Waals surface area contributed by atoms with Gasteiger partial charge >= 0.3 is 5.97 Å². The van der Waals surface area contributed by atoms with Crippen LogP contribution in [0.2, 0.25) is 0 Å². The monoisotopic (exact) mass is 377 g/mol. The lowest BCUT2D eigenvalue weighted by atomic mass is 10.1. The van der Waals surface area contributed by atoms with Crippen molar-refractivity contribution in [2.75, 3.05) is 31.1 Å². The third kappa shape index (κ3) is 2.38. The molecule has 1 aromatic carbocycles. The number of aromatic carboxylic acids is 1. The molecular weight excluding hydrogens is 361 g/mol. The van der Waals surface area contributed by atoms with Crippen molar-refractivity contribution < 1.29 is 19.1 Å². The van der Waals surface area contributed by atoms with Crippen molar-refractivity contribution in [1.82, 2.24) is 9.47 Å². The molecule has 0 radical (unpaired) electrons. The van der Waals surface area contributed by atoms with E-state index in [1.165, 1.54) is 11.8 Å². The normalized spacial score (nSPS) is 19.2. The van der Waals surface area contributed by atoms with Gasteiger partial charge in [-0.3, -0.25) is 9.59 Å². The summed E-state index contributed by atoms with van der Waals surface area (Å²) in [6, 6.07) is 2.75. The number of pyridine rings is 1. The van der Waals surface area contributed by atoms with E-state index < -0.39 is 17.2 Å². The molecule has 1 N–H and O–H groups in total. The van der Waals surface area contributed by atoms with Crippen molar-refractivity contribution in [1.29, 1.82) is 0 Å². The van der Waals surface area contributed by atoms with Crippen molar-refractivity contribution in [3.8, 4) is 0 Å². The highest BCUT2D eigenvalue weighted by Crippen LogP contribution is 2.46. The summed E-state index contributed by atoms with van der Waals surface area (Å²) >= 11 is 1.32. The maximum Gasteiger partial charge on any atom is 0.342 e. The van der Waals surface area contributed by atoms with E-state index in [1.54, 1.807) is 15.5 Å². The molecule has 1 saturated heterocycles. The van der Waals surface area contributed by atoms with E-state index in [9.17, 15) is 23.9 Å². The SMILES string of the molecule is CC1Sc2c(C(=O)O)c(=O)c3cc(F)c(N4CCN(C=O)CC4)cc3n21. The van der Waals surface area contributed by atoms with Gasteiger partial charge < -0.3 is 19.5 Å². The van der Waals surface area contributed by atoms with Crippen molar-refractivity contribution >= 4 is 40.7 Å². The molecule has 136 valence electrons. The lowest BCUT2D eigenvalue weighted by molar-refractivity contribution is -0.118. The molecule has 4 rings (SSSR count). The molecule has 26 heavy (non-hydrogen) atoms. The smallest absolute Gasteiger partial charge is 0.342 e. The van der Waals surface area contributed by atoms with Crippen molar-refractivity contribution in [3.63, 3.8) is 0 Å². The van der Waals surface area contributed by atoms with Crippen LogP contribution in [0.4, 0.5) is 10.1 Å². The van der Waals surface area contributed by atoms with Gasteiger partial charge in [-0.05, 0) is 19.1 Å². The zero-order valence-electron chi connectivity index (χ0n) is 13.9. The predicted molar refractivity (Wildman–Crippen MR) is 95.5 cm³/mol. The van der Waals surface area contributed by atoms with E-state index in [2.05, 4.69) is 0 Å². The summed E-state index contributed by atoms with van der Waals surface area (Å²) in [4.78, 5) is 38.4. The van der Waals surface area contributed by atoms with Gasteiger partial charge in [-0.25, -0.2) is 9.18 Å². The third-order valence-electron chi connectivity index (χ3n) is 4.89. The summed E-state index contributed by atoms with van der Waals surface area (Å²) in [6.07, 6.45) is 0.780. The number of thioether (sulfide) groups is 1. The average Bonchev–Trinajstić information content (AvgIpc) is 2.61. The van der Waals surface area contributed by atoms with E-state index in [0.717, 1.165) is 12.5 Å². The molecule has 2 aromatic rings. The Morgan fingerprint density at radius 3 is 2.58 bits per heavy atom. The van der Waals surface area contributed by atoms with Crippen LogP contribution in [0.25, 0.3) is 10.9 Å². The number of hydrogen-bond acceptors (Lipinski definition) is 5. The summed E-state index contributed by atoms with van der Waals surface area (Å²) in [7, 11) is 0. The number of carboxylic acid groups (broad SMARTS) is 1. The van der Waals surface area contributed by atoms with Crippen LogP contribution in [0, 0.1) is 5.82 Å². The number of anilines is 1. The fraction of sp³-hybridized carbons (Fsp3) is 0.353. The number of amides is 1. The minimum Gasteiger partial charge on any atom is -0.477 e. The third-order valence-corrected chi connectivity index (χ3v) is 6.07. The molecule has 0 aliphatic carbocycles. The van der Waals surface area contributed by atoms with E-state index in [4.69, 9.17) is 0 Å². The highest BCUT2D eigenvalue weighted by molar-refractivity contribution is 8.00. The number of carbonyl (C=O) groups is 2. The molecule has 3 heterocycles. The topological polar surface area (TPSA) is 82.8 Å². The molecule has 0 saturated carbocycles. The lowest BCUT2D eigenvalue weighted by Crippen LogP contribution is -2.46. The minimum absolute atomic E-state index is 0.0311. The van der Waals surface area contributed by atoms with Crippen molar-refractivity contribution in [2.24, 2.45) is 0 Å². The van der Waals surface area contributed by atoms with Crippen LogP contribution in [0.1, 0.15) is 22.7 Å². The van der Waals surface area contributed by atoms with Crippen LogP contribution >= 0.6 is 11.8 Å². The molecule has 7 nitrogen and oxygen atoms in total. The van der Waals surface area contributed by atoms with E-state index in [1.807, 2.05) is 11.8 Å². The molecule has 1 fully saturated rings. The first-order valence-electron chi connectivity index (χ1n) is 8.18. The number of hydrogen-bond donors (Lipinski definition) is 1. The molecule has 1 amide bonds. The standard InChI is InChI=1S/C17H16FN3O4S/c1-9-21-12-7-13(20-4-2-19(8-22)3-5-20)11(18)6-10(12)15(23)14(17(24)25)16(21)26-9/h6-9H,2-5H2,1H3,(H,24,25). The van der Waals surface area contributed by atoms with E-state index >= 15 is 0 Å². The number of piperazine rings is 1. The lowest BCUT2D eigenvalue weighted by Gasteiger charge is -2.36. The zero-order valence-corrected chi connectivity index (χ0v) is 14.8. The fourth-order valence-corrected chi connectivity index (χ4v) is 4.69. The number of nitrogens with zero attached hydrogens (tertiary/aromatic N) is 3. The highest BCUT2D eigenvalue weighted by atomic mass is 32.2. The second-order valence-corrected chi connectivity index (χ2v) is 7.66. The van der Waals surface area contributed by atoms with Gasteiger partial charge in [-0.15, -0.1) is 0 Å². The van der Waals surface area contributed by atoms with Gasteiger partial charge in [0.2, 0.25) is 11.8 Å². The Balaban J connectivity index is 1.88. The molecule has 2 aliphatic heterocycles. The molecular formula is C17H16FN3O4S. The fourth-order valence-electron chi connectivity index (χ4n) is 3.53. The summed E-state index contributed by atoms with van der Waals surface area (Å²) < 4.78 is 16.5. The van der Waals surface area contributed by atoms with Gasteiger partial charge in [0.05, 0.1) is 21.6 Å². The molecule has 1 atom stereocenters. The summed E-state index contributed by atoms with van der Waals surface area (Å²) in [6.45, 7) is 3.90. The first-order valence-corrected chi connectivity index (χ1v) is 9.06. The zero-order chi connectivity index (χ0) is 18.6. The molecule has 0 bridgehead atoms. The second kappa shape index (κ2) is 6.01. The molecule has 9 heteroatoms.